The Balaban J connectivity index is 0.000000162. The summed E-state index contributed by atoms with van der Waals surface area (Å²) < 4.78 is 0. The van der Waals surface area contributed by atoms with E-state index in [0.717, 1.165) is 47.9 Å². The summed E-state index contributed by atoms with van der Waals surface area (Å²) in [4.78, 5) is 0. The van der Waals surface area contributed by atoms with Gasteiger partial charge >= 0.3 is 0 Å². The third kappa shape index (κ3) is 19.5. The minimum Gasteiger partial charge on any atom is -0.508 e. The maximum atomic E-state index is 10.4. The van der Waals surface area contributed by atoms with Crippen LogP contribution in [0.4, 0.5) is 0 Å². The SMILES string of the molecule is CC(C)(C)c1ccc(C(c2ccc(O)cc2O)c2ccc(O)cc2O)cc1.CC(C)Cc1ccc(C(c2ccc(O)cc2O)c2ccc(O)cc2O)cc1.CCCCc1ccc(C(c2ccc(O)cc2O)c2ccc(O)cc2O)cc1.Oc1ccc(C(c2ccc(O)cc2O)c2ccc(O)cc2O)cc1. The lowest BCUT2D eigenvalue weighted by atomic mass is 9.81. The second kappa shape index (κ2) is 33.8. The standard InChI is InChI=1S/3C23H24O4.C19H16O5/c1-23(2,3)15-6-4-14(5-7-15)22(18-10-8-16(24)12-20(18)26)19-11-9-17(25)13-21(19)27;1-14(2)11-15-3-5-16(6-4-15)23(19-9-7-17(24)12-21(19)26)20-10-8-18(25)13-22(20)27;1-2-3-4-15-5-7-16(8-6-15)23(19-11-9-17(24)13-21(19)26)20-12-10-18(25)14-22(20)27;20-12-3-1-11(2-4-12)19(15-7-5-13(21)9-17(15)23)16-8-6-14(22)10-18(16)24/h4-13,22,24-27H,1-3H3;3-10,12-14,23-27H,11H2,1-2H3;5-14,23-27H,2-4H2,1H3;1-10,19-24H. The number of benzene rings is 12. The molecular formula is C88H88O17. The molecule has 12 aromatic carbocycles. The highest BCUT2D eigenvalue weighted by Crippen LogP contribution is 2.48. The van der Waals surface area contributed by atoms with E-state index in [9.17, 15) is 86.8 Å². The van der Waals surface area contributed by atoms with Crippen molar-refractivity contribution >= 4 is 0 Å². The molecule has 0 aliphatic heterocycles. The summed E-state index contributed by atoms with van der Waals surface area (Å²) in [6, 6.07) is 65.7. The smallest absolute Gasteiger partial charge is 0.123 e. The lowest BCUT2D eigenvalue weighted by molar-refractivity contribution is 0.438. The highest BCUT2D eigenvalue weighted by molar-refractivity contribution is 5.60. The minimum atomic E-state index is -0.549. The second-order valence-electron chi connectivity index (χ2n) is 27.3. The molecule has 12 rings (SSSR count). The van der Waals surface area contributed by atoms with Gasteiger partial charge in [0.25, 0.3) is 0 Å². The maximum absolute atomic E-state index is 10.4. The Morgan fingerprint density at radius 3 is 0.648 bits per heavy atom. The quantitative estimate of drug-likeness (QED) is 0.0377. The van der Waals surface area contributed by atoms with Crippen LogP contribution in [0.15, 0.2) is 243 Å². The molecule has 0 fully saturated rings. The highest BCUT2D eigenvalue weighted by atomic mass is 16.3. The average Bonchev–Trinajstić information content (AvgIpc) is 0.806. The van der Waals surface area contributed by atoms with Gasteiger partial charge in [0.1, 0.15) is 97.7 Å². The Morgan fingerprint density at radius 1 is 0.248 bits per heavy atom. The number of phenolic OH excluding ortho intramolecular Hbond substituents is 17. The maximum Gasteiger partial charge on any atom is 0.123 e. The van der Waals surface area contributed by atoms with Gasteiger partial charge in [0.2, 0.25) is 0 Å². The third-order valence-corrected chi connectivity index (χ3v) is 18.0. The van der Waals surface area contributed by atoms with Crippen molar-refractivity contribution < 1.29 is 86.8 Å². The molecule has 0 atom stereocenters. The highest BCUT2D eigenvalue weighted by Gasteiger charge is 2.29. The van der Waals surface area contributed by atoms with Crippen LogP contribution in [0.2, 0.25) is 0 Å². The van der Waals surface area contributed by atoms with Crippen molar-refractivity contribution in [2.45, 2.75) is 96.3 Å². The van der Waals surface area contributed by atoms with E-state index in [4.69, 9.17) is 0 Å². The monoisotopic (exact) mass is 1420 g/mol. The van der Waals surface area contributed by atoms with Crippen molar-refractivity contribution in [3.8, 4) is 97.7 Å². The number of phenols is 17. The Labute approximate surface area is 609 Å². The zero-order valence-corrected chi connectivity index (χ0v) is 58.9. The Kier molecular flexibility index (Phi) is 24.6. The van der Waals surface area contributed by atoms with Gasteiger partial charge in [-0.2, -0.15) is 0 Å². The molecule has 0 saturated carbocycles. The largest absolute Gasteiger partial charge is 0.508 e. The molecule has 0 aliphatic rings. The molecule has 0 bridgehead atoms. The zero-order valence-electron chi connectivity index (χ0n) is 58.9. The predicted octanol–water partition coefficient (Wildman–Crippen LogP) is 18.3. The first-order chi connectivity index (χ1) is 50.0. The Hall–Kier alpha value is -12.8. The summed E-state index contributed by atoms with van der Waals surface area (Å²) >= 11 is 0. The fourth-order valence-electron chi connectivity index (χ4n) is 12.7. The van der Waals surface area contributed by atoms with E-state index in [0.29, 0.717) is 50.4 Å². The van der Waals surface area contributed by atoms with Gasteiger partial charge in [-0.05, 0) is 130 Å². The van der Waals surface area contributed by atoms with E-state index in [1.54, 1.807) is 60.7 Å². The van der Waals surface area contributed by atoms with Crippen molar-refractivity contribution in [3.05, 3.63) is 326 Å². The minimum absolute atomic E-state index is 0.00930. The summed E-state index contributed by atoms with van der Waals surface area (Å²) in [6.45, 7) is 12.9. The van der Waals surface area contributed by atoms with E-state index >= 15 is 0 Å². The van der Waals surface area contributed by atoms with Crippen molar-refractivity contribution in [1.82, 2.24) is 0 Å². The molecular weight excluding hydrogens is 1330 g/mol. The van der Waals surface area contributed by atoms with E-state index < -0.39 is 23.7 Å². The van der Waals surface area contributed by atoms with Gasteiger partial charge in [0.15, 0.2) is 0 Å². The molecule has 17 heteroatoms. The summed E-state index contributed by atoms with van der Waals surface area (Å²) in [7, 11) is 0. The summed E-state index contributed by atoms with van der Waals surface area (Å²) in [5.74, 6) is -2.17. The van der Waals surface area contributed by atoms with Crippen molar-refractivity contribution in [3.63, 3.8) is 0 Å². The van der Waals surface area contributed by atoms with Gasteiger partial charge in [-0.15, -0.1) is 0 Å². The summed E-state index contributed by atoms with van der Waals surface area (Å²) in [6.07, 6.45) is 4.24. The molecule has 0 saturated heterocycles. The number of hydrogen-bond acceptors (Lipinski definition) is 17. The first-order valence-corrected chi connectivity index (χ1v) is 34.2. The van der Waals surface area contributed by atoms with Crippen LogP contribution < -0.4 is 0 Å². The van der Waals surface area contributed by atoms with Crippen molar-refractivity contribution in [2.75, 3.05) is 0 Å². The number of aromatic hydroxyl groups is 17. The molecule has 542 valence electrons. The molecule has 0 aliphatic carbocycles. The van der Waals surface area contributed by atoms with Gasteiger partial charge in [-0.3, -0.25) is 0 Å². The van der Waals surface area contributed by atoms with Crippen LogP contribution >= 0.6 is 0 Å². The number of hydrogen-bond donors (Lipinski definition) is 17. The molecule has 0 aromatic heterocycles. The zero-order chi connectivity index (χ0) is 76.0. The van der Waals surface area contributed by atoms with Crippen molar-refractivity contribution in [1.29, 1.82) is 0 Å². The van der Waals surface area contributed by atoms with Crippen LogP contribution in [0, 0.1) is 5.92 Å². The third-order valence-electron chi connectivity index (χ3n) is 18.0. The number of aryl methyl sites for hydroxylation is 1. The number of rotatable bonds is 17. The molecule has 0 unspecified atom stereocenters. The lowest BCUT2D eigenvalue weighted by Crippen LogP contribution is -2.11. The second-order valence-corrected chi connectivity index (χ2v) is 27.3. The van der Waals surface area contributed by atoms with Gasteiger partial charge in [0, 0.05) is 117 Å². The number of unbranched alkanes of at least 4 members (excludes halogenated alkanes) is 1. The lowest BCUT2D eigenvalue weighted by Gasteiger charge is -2.23. The topological polar surface area (TPSA) is 344 Å². The Morgan fingerprint density at radius 2 is 0.448 bits per heavy atom. The molecule has 0 heterocycles. The molecule has 17 nitrogen and oxygen atoms in total. The normalized spacial score (nSPS) is 11.2. The average molecular weight is 1420 g/mol. The van der Waals surface area contributed by atoms with E-state index in [-0.39, 0.29) is 103 Å². The Bertz CT molecular complexity index is 4700. The summed E-state index contributed by atoms with van der Waals surface area (Å²) in [5.41, 5.74) is 11.3. The summed E-state index contributed by atoms with van der Waals surface area (Å²) in [5, 5.41) is 169. The fourth-order valence-corrected chi connectivity index (χ4v) is 12.7. The molecule has 12 aromatic rings. The van der Waals surface area contributed by atoms with E-state index in [2.05, 4.69) is 65.8 Å². The van der Waals surface area contributed by atoms with Crippen LogP contribution in [0.5, 0.6) is 97.7 Å². The predicted molar refractivity (Wildman–Crippen MR) is 405 cm³/mol. The molecule has 0 amide bonds. The van der Waals surface area contributed by atoms with Crippen LogP contribution in [0.1, 0.15) is 162 Å². The van der Waals surface area contributed by atoms with Gasteiger partial charge in [-0.25, -0.2) is 0 Å². The van der Waals surface area contributed by atoms with Crippen LogP contribution in [0.3, 0.4) is 0 Å². The van der Waals surface area contributed by atoms with Gasteiger partial charge in [0.05, 0.1) is 0 Å². The van der Waals surface area contributed by atoms with Gasteiger partial charge < -0.3 is 86.8 Å². The van der Waals surface area contributed by atoms with Crippen LogP contribution in [-0.2, 0) is 18.3 Å². The first-order valence-electron chi connectivity index (χ1n) is 34.2. The molecule has 17 N–H and O–H groups in total. The molecule has 0 radical (unpaired) electrons. The molecule has 0 spiro atoms. The van der Waals surface area contributed by atoms with Crippen LogP contribution in [-0.4, -0.2) is 86.8 Å². The van der Waals surface area contributed by atoms with Gasteiger partial charge in [-0.1, -0.05) is 181 Å². The first kappa shape index (κ1) is 76.4. The van der Waals surface area contributed by atoms with Crippen molar-refractivity contribution in [2.24, 2.45) is 5.92 Å². The fraction of sp³-hybridized carbons (Fsp3) is 0.182. The van der Waals surface area contributed by atoms with Crippen LogP contribution in [0.25, 0.3) is 0 Å². The molecule has 105 heavy (non-hydrogen) atoms. The van der Waals surface area contributed by atoms with E-state index in [1.165, 1.54) is 126 Å². The van der Waals surface area contributed by atoms with E-state index in [1.807, 2.05) is 48.5 Å².